The van der Waals surface area contributed by atoms with Crippen LogP contribution in [0.15, 0.2) is 12.2 Å². The van der Waals surface area contributed by atoms with E-state index in [0.29, 0.717) is 19.4 Å². The molecule has 0 saturated heterocycles. The fourth-order valence-electron chi connectivity index (χ4n) is 3.32. The number of allylic oxidation sites excluding steroid dienone is 2. The molecule has 0 spiro atoms. The van der Waals surface area contributed by atoms with Crippen LogP contribution in [0.3, 0.4) is 0 Å². The van der Waals surface area contributed by atoms with Gasteiger partial charge >= 0.3 is 0 Å². The Hall–Kier alpha value is -1.16. The zero-order valence-corrected chi connectivity index (χ0v) is 18.4. The second-order valence-corrected chi connectivity index (χ2v) is 7.93. The molecule has 1 unspecified atom stereocenters. The van der Waals surface area contributed by atoms with Crippen LogP contribution in [0.25, 0.3) is 0 Å². The first-order valence-electron chi connectivity index (χ1n) is 11.8. The number of nitrogens with two attached hydrogens (primary N) is 1. The maximum atomic E-state index is 11.9. The summed E-state index contributed by atoms with van der Waals surface area (Å²) in [5.74, 6) is 0.00229. The highest BCUT2D eigenvalue weighted by molar-refractivity contribution is 5.79. The summed E-state index contributed by atoms with van der Waals surface area (Å²) in [6.45, 7) is 2.89. The van der Waals surface area contributed by atoms with Crippen LogP contribution in [0.1, 0.15) is 116 Å². The van der Waals surface area contributed by atoms with E-state index in [2.05, 4.69) is 24.4 Å². The van der Waals surface area contributed by atoms with Gasteiger partial charge in [-0.1, -0.05) is 70.4 Å². The van der Waals surface area contributed by atoms with Crippen LogP contribution in [0.5, 0.6) is 0 Å². The highest BCUT2D eigenvalue weighted by atomic mass is 16.2. The Bertz CT molecular complexity index is 383. The van der Waals surface area contributed by atoms with Gasteiger partial charge in [-0.15, -0.1) is 0 Å². The van der Waals surface area contributed by atoms with E-state index in [0.717, 1.165) is 32.0 Å². The molecule has 164 valence electrons. The lowest BCUT2D eigenvalue weighted by molar-refractivity contribution is -0.124. The Morgan fingerprint density at radius 2 is 1.39 bits per heavy atom. The molecule has 1 atom stereocenters. The van der Waals surface area contributed by atoms with Gasteiger partial charge in [0, 0.05) is 6.42 Å². The van der Waals surface area contributed by atoms with E-state index in [1.807, 2.05) is 0 Å². The van der Waals surface area contributed by atoms with Gasteiger partial charge in [0.25, 0.3) is 0 Å². The molecular formula is C24H46N2O2. The molecule has 0 aliphatic carbocycles. The SMILES string of the molecule is CCCCCCCC/C=C\CCCCCCCC(=O)NC(C=O)CCCCN. The van der Waals surface area contributed by atoms with Gasteiger partial charge in [-0.2, -0.15) is 0 Å². The van der Waals surface area contributed by atoms with Crippen molar-refractivity contribution in [2.45, 2.75) is 122 Å². The molecule has 28 heavy (non-hydrogen) atoms. The number of rotatable bonds is 21. The summed E-state index contributed by atoms with van der Waals surface area (Å²) in [5.41, 5.74) is 5.45. The minimum absolute atomic E-state index is 0.00229. The Morgan fingerprint density at radius 3 is 1.96 bits per heavy atom. The van der Waals surface area contributed by atoms with Gasteiger partial charge in [0.1, 0.15) is 6.29 Å². The number of carbonyl (C=O) groups excluding carboxylic acids is 2. The molecule has 3 N–H and O–H groups in total. The zero-order valence-electron chi connectivity index (χ0n) is 18.4. The van der Waals surface area contributed by atoms with Crippen molar-refractivity contribution in [3.05, 3.63) is 12.2 Å². The highest BCUT2D eigenvalue weighted by Gasteiger charge is 2.10. The highest BCUT2D eigenvalue weighted by Crippen LogP contribution is 2.10. The Morgan fingerprint density at radius 1 is 0.821 bits per heavy atom. The summed E-state index contributed by atoms with van der Waals surface area (Å²) in [6, 6.07) is -0.345. The first-order chi connectivity index (χ1) is 13.7. The molecule has 0 bridgehead atoms. The Kier molecular flexibility index (Phi) is 21.2. The monoisotopic (exact) mass is 394 g/mol. The second-order valence-electron chi connectivity index (χ2n) is 7.93. The van der Waals surface area contributed by atoms with Gasteiger partial charge < -0.3 is 15.8 Å². The van der Waals surface area contributed by atoms with Crippen molar-refractivity contribution in [1.29, 1.82) is 0 Å². The third kappa shape index (κ3) is 19.6. The summed E-state index contributed by atoms with van der Waals surface area (Å²) in [4.78, 5) is 22.9. The average molecular weight is 395 g/mol. The third-order valence-corrected chi connectivity index (χ3v) is 5.15. The number of carbonyl (C=O) groups is 2. The van der Waals surface area contributed by atoms with Gasteiger partial charge in [0.15, 0.2) is 0 Å². The number of aldehydes is 1. The normalized spacial score (nSPS) is 12.4. The van der Waals surface area contributed by atoms with Gasteiger partial charge in [-0.25, -0.2) is 0 Å². The topological polar surface area (TPSA) is 72.2 Å². The molecule has 0 aromatic carbocycles. The van der Waals surface area contributed by atoms with Crippen molar-refractivity contribution in [2.75, 3.05) is 6.54 Å². The second kappa shape index (κ2) is 22.1. The van der Waals surface area contributed by atoms with Gasteiger partial charge in [-0.3, -0.25) is 4.79 Å². The standard InChI is InChI=1S/C24H46N2O2/c1-2-3-4-5-6-7-8-9-10-11-12-13-14-15-16-20-24(28)26-23(22-27)19-17-18-21-25/h9-10,22-23H,2-8,11-21,25H2,1H3,(H,26,28)/b10-9-. The fourth-order valence-corrected chi connectivity index (χ4v) is 3.32. The Labute approximate surface area is 174 Å². The van der Waals surface area contributed by atoms with Crippen molar-refractivity contribution < 1.29 is 9.59 Å². The van der Waals surface area contributed by atoms with Crippen LogP contribution < -0.4 is 11.1 Å². The van der Waals surface area contributed by atoms with Crippen molar-refractivity contribution in [2.24, 2.45) is 5.73 Å². The van der Waals surface area contributed by atoms with E-state index in [9.17, 15) is 9.59 Å². The molecule has 4 nitrogen and oxygen atoms in total. The quantitative estimate of drug-likeness (QED) is 0.146. The lowest BCUT2D eigenvalue weighted by atomic mass is 10.1. The number of nitrogens with one attached hydrogen (secondary N) is 1. The summed E-state index contributed by atoms with van der Waals surface area (Å²) >= 11 is 0. The molecular weight excluding hydrogens is 348 g/mol. The smallest absolute Gasteiger partial charge is 0.220 e. The maximum absolute atomic E-state index is 11.9. The lowest BCUT2D eigenvalue weighted by Crippen LogP contribution is -2.35. The third-order valence-electron chi connectivity index (χ3n) is 5.15. The Balaban J connectivity index is 3.40. The lowest BCUT2D eigenvalue weighted by Gasteiger charge is -2.12. The van der Waals surface area contributed by atoms with E-state index >= 15 is 0 Å². The predicted molar refractivity (Wildman–Crippen MR) is 120 cm³/mol. The van der Waals surface area contributed by atoms with Crippen molar-refractivity contribution in [3.8, 4) is 0 Å². The molecule has 0 aromatic rings. The molecule has 0 rings (SSSR count). The molecule has 0 fully saturated rings. The van der Waals surface area contributed by atoms with Crippen LogP contribution in [-0.2, 0) is 9.59 Å². The van der Waals surface area contributed by atoms with Gasteiger partial charge in [-0.05, 0) is 57.9 Å². The predicted octanol–water partition coefficient (Wildman–Crippen LogP) is 5.84. The maximum Gasteiger partial charge on any atom is 0.220 e. The summed E-state index contributed by atoms with van der Waals surface area (Å²) in [6.07, 6.45) is 24.8. The fraction of sp³-hybridized carbons (Fsp3) is 0.833. The van der Waals surface area contributed by atoms with E-state index in [1.54, 1.807) is 0 Å². The number of hydrogen-bond donors (Lipinski definition) is 2. The first kappa shape index (κ1) is 26.8. The van der Waals surface area contributed by atoms with E-state index in [1.165, 1.54) is 70.6 Å². The average Bonchev–Trinajstić information content (AvgIpc) is 2.70. The minimum atomic E-state index is -0.345. The van der Waals surface area contributed by atoms with Crippen LogP contribution in [0, 0.1) is 0 Å². The molecule has 0 saturated carbocycles. The van der Waals surface area contributed by atoms with Crippen LogP contribution in [-0.4, -0.2) is 24.8 Å². The molecule has 1 amide bonds. The molecule has 0 radical (unpaired) electrons. The zero-order chi connectivity index (χ0) is 20.7. The molecule has 0 aliphatic rings. The van der Waals surface area contributed by atoms with Crippen LogP contribution >= 0.6 is 0 Å². The van der Waals surface area contributed by atoms with Crippen molar-refractivity contribution in [3.63, 3.8) is 0 Å². The summed E-state index contributed by atoms with van der Waals surface area (Å²) in [5, 5.41) is 2.82. The van der Waals surface area contributed by atoms with Crippen molar-refractivity contribution >= 4 is 12.2 Å². The van der Waals surface area contributed by atoms with E-state index in [4.69, 9.17) is 5.73 Å². The molecule has 4 heteroatoms. The largest absolute Gasteiger partial charge is 0.347 e. The number of unbranched alkanes of at least 4 members (excludes halogenated alkanes) is 12. The van der Waals surface area contributed by atoms with Crippen molar-refractivity contribution in [1.82, 2.24) is 5.32 Å². The summed E-state index contributed by atoms with van der Waals surface area (Å²) in [7, 11) is 0. The minimum Gasteiger partial charge on any atom is -0.347 e. The molecule has 0 aromatic heterocycles. The van der Waals surface area contributed by atoms with E-state index < -0.39 is 0 Å². The van der Waals surface area contributed by atoms with Crippen LogP contribution in [0.4, 0.5) is 0 Å². The van der Waals surface area contributed by atoms with Gasteiger partial charge in [0.05, 0.1) is 6.04 Å². The van der Waals surface area contributed by atoms with Gasteiger partial charge in [0.2, 0.25) is 5.91 Å². The van der Waals surface area contributed by atoms with Crippen LogP contribution in [0.2, 0.25) is 0 Å². The summed E-state index contributed by atoms with van der Waals surface area (Å²) < 4.78 is 0. The van der Waals surface area contributed by atoms with E-state index in [-0.39, 0.29) is 11.9 Å². The molecule has 0 heterocycles. The number of hydrogen-bond acceptors (Lipinski definition) is 3. The first-order valence-corrected chi connectivity index (χ1v) is 11.8. The molecule has 0 aliphatic heterocycles. The number of amides is 1.